The lowest BCUT2D eigenvalue weighted by Crippen LogP contribution is -2.02. The van der Waals surface area contributed by atoms with Crippen molar-refractivity contribution in [1.29, 1.82) is 0 Å². The summed E-state index contributed by atoms with van der Waals surface area (Å²) in [6, 6.07) is -2.94. The predicted octanol–water partition coefficient (Wildman–Crippen LogP) is 2.28. The van der Waals surface area contributed by atoms with Gasteiger partial charge in [-0.15, -0.1) is 0 Å². The Bertz CT molecular complexity index is 1130. The molecule has 21 heavy (non-hydrogen) atoms. The molecule has 1 aromatic heterocycles. The molecule has 0 unspecified atom stereocenters. The molecule has 1 heterocycles. The minimum absolute atomic E-state index is 0.383. The summed E-state index contributed by atoms with van der Waals surface area (Å²) < 4.78 is 43.7. The number of fused-ring (bicyclic) bond motifs is 1. The van der Waals surface area contributed by atoms with Crippen molar-refractivity contribution in [2.45, 2.75) is 0 Å². The molecule has 106 valence electrons. The van der Waals surface area contributed by atoms with Gasteiger partial charge >= 0.3 is 0 Å². The standard InChI is InChI=1S/C15H10O6/c16-8-2-3-9-12(6-8)21-15(14(20)13(9)19)7-1-4-10(17)11(18)5-7/h1-6,16-18,20H/i1D,2D,4D,5D,6D. The fraction of sp³-hybridized carbons (Fsp3) is 0. The lowest BCUT2D eigenvalue weighted by Gasteiger charge is -2.07. The van der Waals surface area contributed by atoms with Crippen molar-refractivity contribution >= 4 is 11.0 Å². The third-order valence-corrected chi connectivity index (χ3v) is 2.71. The van der Waals surface area contributed by atoms with Crippen LogP contribution in [0.2, 0.25) is 0 Å². The van der Waals surface area contributed by atoms with Crippen molar-refractivity contribution in [2.24, 2.45) is 0 Å². The van der Waals surface area contributed by atoms with E-state index in [0.717, 1.165) is 6.07 Å². The molecule has 4 N–H and O–H groups in total. The summed E-state index contributed by atoms with van der Waals surface area (Å²) in [5.41, 5.74) is -2.27. The number of hydrogen-bond donors (Lipinski definition) is 4. The number of aromatic hydroxyl groups is 4. The molecule has 0 saturated heterocycles. The zero-order chi connectivity index (χ0) is 19.5. The van der Waals surface area contributed by atoms with E-state index in [1.807, 2.05) is 0 Å². The average molecular weight is 291 g/mol. The van der Waals surface area contributed by atoms with Crippen molar-refractivity contribution in [1.82, 2.24) is 0 Å². The molecular weight excluding hydrogens is 276 g/mol. The second kappa shape index (κ2) is 4.45. The number of hydrogen-bond acceptors (Lipinski definition) is 6. The third-order valence-electron chi connectivity index (χ3n) is 2.71. The van der Waals surface area contributed by atoms with Crippen LogP contribution >= 0.6 is 0 Å². The van der Waals surface area contributed by atoms with Crippen LogP contribution in [0.3, 0.4) is 0 Å². The fourth-order valence-corrected chi connectivity index (χ4v) is 1.72. The maximum Gasteiger partial charge on any atom is 0.235 e. The van der Waals surface area contributed by atoms with Gasteiger partial charge in [-0.2, -0.15) is 0 Å². The van der Waals surface area contributed by atoms with Gasteiger partial charge in [0.2, 0.25) is 11.2 Å². The fourth-order valence-electron chi connectivity index (χ4n) is 1.72. The summed E-state index contributed by atoms with van der Waals surface area (Å²) >= 11 is 0. The number of phenolic OH excluding ortho intramolecular Hbond substituents is 3. The summed E-state index contributed by atoms with van der Waals surface area (Å²) in [4.78, 5) is 12.4. The largest absolute Gasteiger partial charge is 0.508 e. The highest BCUT2D eigenvalue weighted by molar-refractivity contribution is 5.83. The van der Waals surface area contributed by atoms with Crippen LogP contribution in [0.15, 0.2) is 45.5 Å². The Balaban J connectivity index is 2.53. The van der Waals surface area contributed by atoms with E-state index < -0.39 is 75.5 Å². The summed E-state index contributed by atoms with van der Waals surface area (Å²) in [6.45, 7) is 0. The van der Waals surface area contributed by atoms with Crippen LogP contribution in [0, 0.1) is 0 Å². The molecule has 6 nitrogen and oxygen atoms in total. The molecule has 0 radical (unpaired) electrons. The van der Waals surface area contributed by atoms with Gasteiger partial charge in [-0.05, 0) is 30.2 Å². The highest BCUT2D eigenvalue weighted by Gasteiger charge is 2.16. The average Bonchev–Trinajstić information content (AvgIpc) is 2.61. The molecule has 2 aromatic carbocycles. The first-order valence-corrected chi connectivity index (χ1v) is 5.58. The number of rotatable bonds is 1. The smallest absolute Gasteiger partial charge is 0.235 e. The van der Waals surface area contributed by atoms with Crippen LogP contribution in [-0.4, -0.2) is 20.4 Å². The lowest BCUT2D eigenvalue weighted by atomic mass is 10.1. The zero-order valence-corrected chi connectivity index (χ0v) is 10.2. The van der Waals surface area contributed by atoms with Gasteiger partial charge in [0.25, 0.3) is 0 Å². The highest BCUT2D eigenvalue weighted by Crippen LogP contribution is 2.35. The van der Waals surface area contributed by atoms with E-state index in [-0.39, 0.29) is 5.39 Å². The van der Waals surface area contributed by atoms with Gasteiger partial charge < -0.3 is 24.8 Å². The van der Waals surface area contributed by atoms with Gasteiger partial charge in [-0.25, -0.2) is 0 Å². The van der Waals surface area contributed by atoms with E-state index in [4.69, 9.17) is 11.3 Å². The molecule has 0 aliphatic heterocycles. The van der Waals surface area contributed by atoms with E-state index in [0.29, 0.717) is 0 Å². The van der Waals surface area contributed by atoms with Crippen molar-refractivity contribution in [3.63, 3.8) is 0 Å². The Morgan fingerprint density at radius 2 is 1.76 bits per heavy atom. The molecule has 6 heteroatoms. The van der Waals surface area contributed by atoms with E-state index in [9.17, 15) is 25.2 Å². The summed E-state index contributed by atoms with van der Waals surface area (Å²) in [6.07, 6.45) is 0. The van der Waals surface area contributed by atoms with Crippen LogP contribution in [0.1, 0.15) is 6.85 Å². The molecule has 0 bridgehead atoms. The Kier molecular flexibility index (Phi) is 1.74. The molecule has 3 aromatic rings. The molecule has 0 fully saturated rings. The first-order chi connectivity index (χ1) is 12.1. The normalized spacial score (nSPS) is 14.2. The quantitative estimate of drug-likeness (QED) is 0.512. The van der Waals surface area contributed by atoms with Crippen LogP contribution in [0.25, 0.3) is 22.3 Å². The Hall–Kier alpha value is -3.15. The maximum atomic E-state index is 12.4. The highest BCUT2D eigenvalue weighted by atomic mass is 16.4. The van der Waals surface area contributed by atoms with Crippen LogP contribution in [-0.2, 0) is 0 Å². The molecule has 3 rings (SSSR count). The van der Waals surface area contributed by atoms with Crippen molar-refractivity contribution in [3.05, 3.63) is 46.5 Å². The summed E-state index contributed by atoms with van der Waals surface area (Å²) in [5, 5.41) is 38.7. The van der Waals surface area contributed by atoms with Gasteiger partial charge in [-0.1, -0.05) is 0 Å². The molecule has 0 atom stereocenters. The van der Waals surface area contributed by atoms with E-state index in [2.05, 4.69) is 0 Å². The van der Waals surface area contributed by atoms with Crippen LogP contribution in [0.4, 0.5) is 0 Å². The van der Waals surface area contributed by atoms with Crippen molar-refractivity contribution in [3.8, 4) is 34.3 Å². The molecule has 0 aliphatic carbocycles. The monoisotopic (exact) mass is 291 g/mol. The number of benzene rings is 2. The third kappa shape index (κ3) is 2.02. The lowest BCUT2D eigenvalue weighted by molar-refractivity contribution is 0.403. The van der Waals surface area contributed by atoms with Crippen molar-refractivity contribution in [2.75, 3.05) is 0 Å². The molecule has 0 spiro atoms. The van der Waals surface area contributed by atoms with Crippen molar-refractivity contribution < 1.29 is 31.7 Å². The minimum Gasteiger partial charge on any atom is -0.508 e. The van der Waals surface area contributed by atoms with Crippen LogP contribution in [0.5, 0.6) is 23.0 Å². The summed E-state index contributed by atoms with van der Waals surface area (Å²) in [5.74, 6) is -4.73. The van der Waals surface area contributed by atoms with Gasteiger partial charge in [-0.3, -0.25) is 4.79 Å². The molecule has 0 saturated carbocycles. The summed E-state index contributed by atoms with van der Waals surface area (Å²) in [7, 11) is 0. The van der Waals surface area contributed by atoms with E-state index >= 15 is 0 Å². The Labute approximate surface area is 124 Å². The first-order valence-electron chi connectivity index (χ1n) is 8.08. The zero-order valence-electron chi connectivity index (χ0n) is 15.2. The number of phenols is 3. The molecule has 0 aliphatic rings. The second-order valence-electron chi connectivity index (χ2n) is 4.06. The van der Waals surface area contributed by atoms with E-state index in [1.54, 1.807) is 0 Å². The predicted molar refractivity (Wildman–Crippen MR) is 74.6 cm³/mol. The molecule has 0 amide bonds. The van der Waals surface area contributed by atoms with E-state index in [1.165, 1.54) is 0 Å². The van der Waals surface area contributed by atoms with Gasteiger partial charge in [0.1, 0.15) is 11.3 Å². The first kappa shape index (κ1) is 8.21. The van der Waals surface area contributed by atoms with Gasteiger partial charge in [0, 0.05) is 11.6 Å². The topological polar surface area (TPSA) is 111 Å². The SMILES string of the molecule is [2H]c1cc2c(=O)c(O)c(-c3c([2H])c([2H])c(O)c(O)c3[2H])oc2c([2H])c1O. The Morgan fingerprint density at radius 3 is 2.52 bits per heavy atom. The van der Waals surface area contributed by atoms with Gasteiger partial charge in [0.15, 0.2) is 17.3 Å². The minimum atomic E-state index is -1.10. The van der Waals surface area contributed by atoms with Gasteiger partial charge in [0.05, 0.1) is 12.2 Å². The maximum absolute atomic E-state index is 12.4. The Morgan fingerprint density at radius 1 is 1.00 bits per heavy atom. The van der Waals surface area contributed by atoms with Crippen LogP contribution < -0.4 is 5.43 Å². The molecular formula is C15H10O6. The second-order valence-corrected chi connectivity index (χ2v) is 4.06.